The van der Waals surface area contributed by atoms with Crippen LogP contribution in [0.5, 0.6) is 0 Å². The number of benzene rings is 1. The molecule has 1 aromatic carbocycles. The molecule has 0 aromatic heterocycles. The van der Waals surface area contributed by atoms with Gasteiger partial charge in [0.25, 0.3) is 0 Å². The molecule has 162 valence electrons. The van der Waals surface area contributed by atoms with Gasteiger partial charge in [-0.1, -0.05) is 12.1 Å². The minimum Gasteiger partial charge on any atom is -0.335 e. The van der Waals surface area contributed by atoms with Crippen LogP contribution in [0.4, 0.5) is 0 Å². The molecule has 1 amide bonds. The molecule has 0 radical (unpaired) electrons. The number of sulfone groups is 1. The van der Waals surface area contributed by atoms with E-state index in [9.17, 15) is 21.6 Å². The van der Waals surface area contributed by atoms with Crippen LogP contribution in [-0.4, -0.2) is 94.7 Å². The van der Waals surface area contributed by atoms with E-state index in [0.29, 0.717) is 26.2 Å². The van der Waals surface area contributed by atoms with Crippen LogP contribution in [0.15, 0.2) is 29.2 Å². The van der Waals surface area contributed by atoms with Crippen LogP contribution in [0.25, 0.3) is 0 Å². The van der Waals surface area contributed by atoms with Crippen molar-refractivity contribution in [2.75, 3.05) is 51.8 Å². The molecule has 3 rings (SSSR count). The summed E-state index contributed by atoms with van der Waals surface area (Å²) in [6.45, 7) is 3.60. The van der Waals surface area contributed by atoms with E-state index in [4.69, 9.17) is 0 Å². The van der Waals surface area contributed by atoms with Crippen molar-refractivity contribution >= 4 is 25.8 Å². The van der Waals surface area contributed by atoms with Crippen molar-refractivity contribution in [1.29, 1.82) is 0 Å². The lowest BCUT2D eigenvalue weighted by molar-refractivity contribution is -0.135. The second-order valence-electron chi connectivity index (χ2n) is 7.96. The van der Waals surface area contributed by atoms with Crippen LogP contribution in [0.2, 0.25) is 0 Å². The molecule has 2 fully saturated rings. The second kappa shape index (κ2) is 8.71. The monoisotopic (exact) mass is 443 g/mol. The maximum atomic E-state index is 13.0. The van der Waals surface area contributed by atoms with Crippen molar-refractivity contribution in [1.82, 2.24) is 14.1 Å². The van der Waals surface area contributed by atoms with E-state index in [1.54, 1.807) is 17.0 Å². The maximum absolute atomic E-state index is 13.0. The summed E-state index contributed by atoms with van der Waals surface area (Å²) in [5, 5.41) is 0. The Morgan fingerprint density at radius 3 is 2.14 bits per heavy atom. The first kappa shape index (κ1) is 22.2. The minimum absolute atomic E-state index is 0.0607. The Labute approximate surface area is 173 Å². The minimum atomic E-state index is -3.30. The Balaban J connectivity index is 1.72. The molecular formula is C19H29N3O5S2. The van der Waals surface area contributed by atoms with Gasteiger partial charge in [-0.25, -0.2) is 16.8 Å². The molecule has 10 heteroatoms. The number of amides is 1. The lowest BCUT2D eigenvalue weighted by Gasteiger charge is -2.42. The highest BCUT2D eigenvalue weighted by molar-refractivity contribution is 7.90. The Morgan fingerprint density at radius 2 is 1.59 bits per heavy atom. The smallest absolute Gasteiger partial charge is 0.227 e. The predicted molar refractivity (Wildman–Crippen MR) is 111 cm³/mol. The summed E-state index contributed by atoms with van der Waals surface area (Å²) < 4.78 is 48.7. The van der Waals surface area contributed by atoms with Crippen LogP contribution in [0, 0.1) is 0 Å². The van der Waals surface area contributed by atoms with Gasteiger partial charge in [0.05, 0.1) is 23.6 Å². The van der Waals surface area contributed by atoms with E-state index in [-0.39, 0.29) is 23.3 Å². The van der Waals surface area contributed by atoms with Crippen molar-refractivity contribution in [3.8, 4) is 0 Å². The topological polar surface area (TPSA) is 95.1 Å². The summed E-state index contributed by atoms with van der Waals surface area (Å²) in [6.07, 6.45) is 4.78. The van der Waals surface area contributed by atoms with Gasteiger partial charge in [0, 0.05) is 32.4 Å². The predicted octanol–water partition coefficient (Wildman–Crippen LogP) is 0.201. The van der Waals surface area contributed by atoms with Crippen LogP contribution in [0.3, 0.4) is 0 Å². The summed E-state index contributed by atoms with van der Waals surface area (Å²) >= 11 is 0. The third kappa shape index (κ3) is 5.78. The largest absolute Gasteiger partial charge is 0.335 e. The Kier molecular flexibility index (Phi) is 6.67. The number of sulfonamides is 1. The Bertz CT molecular complexity index is 939. The number of hydrogen-bond donors (Lipinski definition) is 0. The van der Waals surface area contributed by atoms with E-state index in [2.05, 4.69) is 4.90 Å². The summed E-state index contributed by atoms with van der Waals surface area (Å²) in [5.41, 5.74) is 0.743. The summed E-state index contributed by atoms with van der Waals surface area (Å²) in [6, 6.07) is 6.18. The van der Waals surface area contributed by atoms with Crippen LogP contribution in [0.1, 0.15) is 18.4 Å². The standard InChI is InChI=1S/C19H29N3O5S2/c1-28(24,25)18-7-5-16(6-8-18)13-19(23)22-12-11-21(29(2,26)27)15-17(22)14-20-9-3-4-10-20/h5-8,17H,3-4,9-15H2,1-2H3/t17-/m1/s1. The summed E-state index contributed by atoms with van der Waals surface area (Å²) in [4.78, 5) is 17.3. The fourth-order valence-electron chi connectivity index (χ4n) is 4.01. The molecule has 8 nitrogen and oxygen atoms in total. The summed E-state index contributed by atoms with van der Waals surface area (Å²) in [7, 11) is -6.57. The molecule has 0 saturated carbocycles. The van der Waals surface area contributed by atoms with E-state index in [1.807, 2.05) is 0 Å². The number of nitrogens with zero attached hydrogens (tertiary/aromatic N) is 3. The molecule has 2 aliphatic rings. The highest BCUT2D eigenvalue weighted by atomic mass is 32.2. The van der Waals surface area contributed by atoms with E-state index in [0.717, 1.165) is 37.8 Å². The number of carbonyl (C=O) groups excluding carboxylic acids is 1. The zero-order chi connectivity index (χ0) is 21.2. The molecule has 0 bridgehead atoms. The molecule has 1 atom stereocenters. The van der Waals surface area contributed by atoms with Gasteiger partial charge in [-0.2, -0.15) is 4.31 Å². The molecule has 0 N–H and O–H groups in total. The Morgan fingerprint density at radius 1 is 0.966 bits per heavy atom. The van der Waals surface area contributed by atoms with Crippen LogP contribution < -0.4 is 0 Å². The molecule has 0 unspecified atom stereocenters. The fourth-order valence-corrected chi connectivity index (χ4v) is 5.49. The second-order valence-corrected chi connectivity index (χ2v) is 12.0. The first-order valence-electron chi connectivity index (χ1n) is 9.80. The van der Waals surface area contributed by atoms with Crippen molar-refractivity contribution in [2.24, 2.45) is 0 Å². The molecular weight excluding hydrogens is 414 g/mol. The average Bonchev–Trinajstić information content (AvgIpc) is 3.13. The van der Waals surface area contributed by atoms with E-state index >= 15 is 0 Å². The van der Waals surface area contributed by atoms with Crippen LogP contribution >= 0.6 is 0 Å². The highest BCUT2D eigenvalue weighted by Crippen LogP contribution is 2.19. The van der Waals surface area contributed by atoms with Gasteiger partial charge >= 0.3 is 0 Å². The van der Waals surface area contributed by atoms with Gasteiger partial charge < -0.3 is 9.80 Å². The molecule has 0 aliphatic carbocycles. The van der Waals surface area contributed by atoms with Gasteiger partial charge in [-0.05, 0) is 43.6 Å². The normalized spacial score (nSPS) is 22.1. The fraction of sp³-hybridized carbons (Fsp3) is 0.632. The highest BCUT2D eigenvalue weighted by Gasteiger charge is 2.35. The summed E-state index contributed by atoms with van der Waals surface area (Å²) in [5.74, 6) is -0.0607. The van der Waals surface area contributed by atoms with E-state index < -0.39 is 19.9 Å². The van der Waals surface area contributed by atoms with Crippen molar-refractivity contribution < 1.29 is 21.6 Å². The molecule has 2 saturated heterocycles. The van der Waals surface area contributed by atoms with Gasteiger partial charge in [-0.3, -0.25) is 4.79 Å². The van der Waals surface area contributed by atoms with Crippen LogP contribution in [-0.2, 0) is 31.1 Å². The molecule has 1 aromatic rings. The average molecular weight is 444 g/mol. The number of likely N-dealkylation sites (tertiary alicyclic amines) is 1. The quantitative estimate of drug-likeness (QED) is 0.623. The number of carbonyl (C=O) groups is 1. The first-order chi connectivity index (χ1) is 13.5. The first-order valence-corrected chi connectivity index (χ1v) is 13.5. The maximum Gasteiger partial charge on any atom is 0.227 e. The molecule has 29 heavy (non-hydrogen) atoms. The molecule has 2 aliphatic heterocycles. The number of hydrogen-bond acceptors (Lipinski definition) is 6. The number of piperazine rings is 1. The SMILES string of the molecule is CS(=O)(=O)c1ccc(CC(=O)N2CCN(S(C)(=O)=O)C[C@H]2CN2CCCC2)cc1. The van der Waals surface area contributed by atoms with Crippen molar-refractivity contribution in [2.45, 2.75) is 30.2 Å². The van der Waals surface area contributed by atoms with Gasteiger partial charge in [0.1, 0.15) is 0 Å². The lowest BCUT2D eigenvalue weighted by Crippen LogP contribution is -2.59. The lowest BCUT2D eigenvalue weighted by atomic mass is 10.1. The molecule has 0 spiro atoms. The van der Waals surface area contributed by atoms with Gasteiger partial charge in [0.2, 0.25) is 15.9 Å². The third-order valence-corrected chi connectivity index (χ3v) is 8.01. The van der Waals surface area contributed by atoms with Gasteiger partial charge in [-0.15, -0.1) is 0 Å². The number of rotatable bonds is 6. The van der Waals surface area contributed by atoms with Gasteiger partial charge in [0.15, 0.2) is 9.84 Å². The zero-order valence-corrected chi connectivity index (χ0v) is 18.6. The third-order valence-electron chi connectivity index (χ3n) is 5.61. The zero-order valence-electron chi connectivity index (χ0n) is 17.0. The van der Waals surface area contributed by atoms with Crippen molar-refractivity contribution in [3.05, 3.63) is 29.8 Å². The van der Waals surface area contributed by atoms with Crippen molar-refractivity contribution in [3.63, 3.8) is 0 Å². The Hall–Kier alpha value is -1.49. The molecule has 2 heterocycles. The van der Waals surface area contributed by atoms with E-state index in [1.165, 1.54) is 22.7 Å².